The first-order valence-corrected chi connectivity index (χ1v) is 8.28. The Morgan fingerprint density at radius 1 is 1.48 bits per heavy atom. The van der Waals surface area contributed by atoms with Crippen molar-refractivity contribution >= 4 is 6.09 Å². The van der Waals surface area contributed by atoms with Gasteiger partial charge in [0.25, 0.3) is 0 Å². The second-order valence-corrected chi connectivity index (χ2v) is 7.29. The number of nitrogens with zero attached hydrogens (tertiary/aromatic N) is 1. The van der Waals surface area contributed by atoms with Gasteiger partial charge in [0, 0.05) is 31.7 Å². The highest BCUT2D eigenvalue weighted by molar-refractivity contribution is 5.68. The van der Waals surface area contributed by atoms with Crippen molar-refractivity contribution in [2.45, 2.75) is 51.8 Å². The van der Waals surface area contributed by atoms with Gasteiger partial charge in [0.15, 0.2) is 0 Å². The van der Waals surface area contributed by atoms with Crippen LogP contribution in [-0.4, -0.2) is 42.3 Å². The summed E-state index contributed by atoms with van der Waals surface area (Å²) in [5.74, 6) is 0. The Balaban J connectivity index is 1.94. The molecule has 1 saturated heterocycles. The van der Waals surface area contributed by atoms with E-state index in [1.165, 1.54) is 11.1 Å². The zero-order chi connectivity index (χ0) is 17.0. The number of aryl methyl sites for hydroxylation is 1. The number of amides is 1. The SMILES string of the molecule is Cc1cccc(C(CN)N2CCC(NC(=O)OC(C)(C)C)C2)c1. The molecular formula is C18H29N3O2. The Kier molecular flexibility index (Phi) is 5.65. The van der Waals surface area contributed by atoms with Crippen LogP contribution in [0.15, 0.2) is 24.3 Å². The summed E-state index contributed by atoms with van der Waals surface area (Å²) >= 11 is 0. The number of hydrogen-bond acceptors (Lipinski definition) is 4. The van der Waals surface area contributed by atoms with Crippen molar-refractivity contribution in [3.63, 3.8) is 0 Å². The summed E-state index contributed by atoms with van der Waals surface area (Å²) in [6, 6.07) is 8.78. The first-order valence-electron chi connectivity index (χ1n) is 8.28. The molecule has 23 heavy (non-hydrogen) atoms. The number of alkyl carbamates (subject to hydrolysis) is 1. The average molecular weight is 319 g/mol. The Hall–Kier alpha value is -1.59. The fraction of sp³-hybridized carbons (Fsp3) is 0.611. The molecule has 2 unspecified atom stereocenters. The minimum Gasteiger partial charge on any atom is -0.444 e. The van der Waals surface area contributed by atoms with Crippen LogP contribution in [0.4, 0.5) is 4.79 Å². The van der Waals surface area contributed by atoms with Gasteiger partial charge in [-0.25, -0.2) is 4.79 Å². The molecule has 2 atom stereocenters. The lowest BCUT2D eigenvalue weighted by molar-refractivity contribution is 0.0504. The van der Waals surface area contributed by atoms with Crippen LogP contribution in [0.25, 0.3) is 0 Å². The molecule has 0 aromatic heterocycles. The Labute approximate surface area is 139 Å². The maximum absolute atomic E-state index is 11.9. The minimum absolute atomic E-state index is 0.115. The summed E-state index contributed by atoms with van der Waals surface area (Å²) < 4.78 is 5.33. The number of benzene rings is 1. The predicted octanol–water partition coefficient (Wildman–Crippen LogP) is 2.59. The van der Waals surface area contributed by atoms with Crippen LogP contribution >= 0.6 is 0 Å². The van der Waals surface area contributed by atoms with Crippen LogP contribution in [0.5, 0.6) is 0 Å². The van der Waals surface area contributed by atoms with Crippen molar-refractivity contribution in [3.8, 4) is 0 Å². The third-order valence-electron chi connectivity index (χ3n) is 4.03. The smallest absolute Gasteiger partial charge is 0.407 e. The van der Waals surface area contributed by atoms with Crippen LogP contribution in [0.3, 0.4) is 0 Å². The normalized spacial score (nSPS) is 20.3. The quantitative estimate of drug-likeness (QED) is 0.895. The van der Waals surface area contributed by atoms with Crippen molar-refractivity contribution in [1.29, 1.82) is 0 Å². The Morgan fingerprint density at radius 2 is 2.22 bits per heavy atom. The summed E-state index contributed by atoms with van der Waals surface area (Å²) in [5, 5.41) is 2.96. The van der Waals surface area contributed by atoms with E-state index in [0.29, 0.717) is 6.54 Å². The van der Waals surface area contributed by atoms with Crippen molar-refractivity contribution < 1.29 is 9.53 Å². The molecule has 3 N–H and O–H groups in total. The van der Waals surface area contributed by atoms with Gasteiger partial charge >= 0.3 is 6.09 Å². The van der Waals surface area contributed by atoms with E-state index < -0.39 is 5.60 Å². The molecule has 0 saturated carbocycles. The third-order valence-corrected chi connectivity index (χ3v) is 4.03. The number of rotatable bonds is 4. The molecule has 0 radical (unpaired) electrons. The molecule has 0 bridgehead atoms. The van der Waals surface area contributed by atoms with E-state index in [4.69, 9.17) is 10.5 Å². The molecular weight excluding hydrogens is 290 g/mol. The molecule has 1 heterocycles. The van der Waals surface area contributed by atoms with Gasteiger partial charge in [0.1, 0.15) is 5.60 Å². The number of hydrogen-bond donors (Lipinski definition) is 2. The van der Waals surface area contributed by atoms with Gasteiger partial charge in [-0.2, -0.15) is 0 Å². The Morgan fingerprint density at radius 3 is 2.83 bits per heavy atom. The maximum atomic E-state index is 11.9. The predicted molar refractivity (Wildman–Crippen MR) is 92.3 cm³/mol. The number of carbonyl (C=O) groups is 1. The van der Waals surface area contributed by atoms with Crippen LogP contribution in [0.2, 0.25) is 0 Å². The lowest BCUT2D eigenvalue weighted by atomic mass is 10.0. The second kappa shape index (κ2) is 7.32. The molecule has 128 valence electrons. The van der Waals surface area contributed by atoms with E-state index in [-0.39, 0.29) is 18.2 Å². The van der Waals surface area contributed by atoms with Gasteiger partial charge in [0.2, 0.25) is 0 Å². The zero-order valence-corrected chi connectivity index (χ0v) is 14.6. The molecule has 0 spiro atoms. The number of nitrogens with one attached hydrogen (secondary N) is 1. The molecule has 1 amide bonds. The topological polar surface area (TPSA) is 67.6 Å². The van der Waals surface area contributed by atoms with E-state index in [0.717, 1.165) is 19.5 Å². The molecule has 5 nitrogen and oxygen atoms in total. The molecule has 1 fully saturated rings. The van der Waals surface area contributed by atoms with Gasteiger partial charge in [-0.1, -0.05) is 29.8 Å². The first kappa shape index (κ1) is 17.8. The van der Waals surface area contributed by atoms with Crippen molar-refractivity contribution in [2.75, 3.05) is 19.6 Å². The highest BCUT2D eigenvalue weighted by atomic mass is 16.6. The lowest BCUT2D eigenvalue weighted by Gasteiger charge is -2.27. The van der Waals surface area contributed by atoms with E-state index in [1.54, 1.807) is 0 Å². The summed E-state index contributed by atoms with van der Waals surface area (Å²) in [4.78, 5) is 14.2. The monoisotopic (exact) mass is 319 g/mol. The summed E-state index contributed by atoms with van der Waals surface area (Å²) in [6.07, 6.45) is 0.575. The maximum Gasteiger partial charge on any atom is 0.407 e. The highest BCUT2D eigenvalue weighted by Crippen LogP contribution is 2.25. The van der Waals surface area contributed by atoms with Gasteiger partial charge in [-0.05, 0) is 39.7 Å². The summed E-state index contributed by atoms with van der Waals surface area (Å²) in [6.45, 7) is 10.0. The third kappa shape index (κ3) is 5.22. The standard InChI is InChI=1S/C18H29N3O2/c1-13-6-5-7-14(10-13)16(11-19)21-9-8-15(12-21)20-17(22)23-18(2,3)4/h5-7,10,15-16H,8-9,11-12,19H2,1-4H3,(H,20,22). The van der Waals surface area contributed by atoms with Crippen molar-refractivity contribution in [1.82, 2.24) is 10.2 Å². The molecule has 1 aliphatic heterocycles. The average Bonchev–Trinajstić information content (AvgIpc) is 2.85. The number of nitrogens with two attached hydrogens (primary N) is 1. The van der Waals surface area contributed by atoms with Crippen LogP contribution < -0.4 is 11.1 Å². The summed E-state index contributed by atoms with van der Waals surface area (Å²) in [7, 11) is 0. The minimum atomic E-state index is -0.469. The Bertz CT molecular complexity index is 539. The molecule has 1 aromatic carbocycles. The fourth-order valence-electron chi connectivity index (χ4n) is 3.04. The fourth-order valence-corrected chi connectivity index (χ4v) is 3.04. The van der Waals surface area contributed by atoms with Gasteiger partial charge in [-0.3, -0.25) is 4.90 Å². The van der Waals surface area contributed by atoms with Gasteiger partial charge in [-0.15, -0.1) is 0 Å². The highest BCUT2D eigenvalue weighted by Gasteiger charge is 2.30. The van der Waals surface area contributed by atoms with Gasteiger partial charge < -0.3 is 15.8 Å². The van der Waals surface area contributed by atoms with E-state index in [1.807, 2.05) is 20.8 Å². The lowest BCUT2D eigenvalue weighted by Crippen LogP contribution is -2.41. The molecule has 2 rings (SSSR count). The van der Waals surface area contributed by atoms with E-state index in [9.17, 15) is 4.79 Å². The molecule has 1 aliphatic rings. The largest absolute Gasteiger partial charge is 0.444 e. The zero-order valence-electron chi connectivity index (χ0n) is 14.6. The van der Waals surface area contributed by atoms with Crippen LogP contribution in [0.1, 0.15) is 44.4 Å². The van der Waals surface area contributed by atoms with Crippen molar-refractivity contribution in [2.24, 2.45) is 5.73 Å². The van der Waals surface area contributed by atoms with Gasteiger partial charge in [0.05, 0.1) is 0 Å². The van der Waals surface area contributed by atoms with Crippen LogP contribution in [0, 0.1) is 6.92 Å². The number of ether oxygens (including phenoxy) is 1. The van der Waals surface area contributed by atoms with Crippen molar-refractivity contribution in [3.05, 3.63) is 35.4 Å². The first-order chi connectivity index (χ1) is 10.8. The second-order valence-electron chi connectivity index (χ2n) is 7.29. The molecule has 0 aliphatic carbocycles. The van der Waals surface area contributed by atoms with E-state index in [2.05, 4.69) is 41.4 Å². The number of carbonyl (C=O) groups excluding carboxylic acids is 1. The molecule has 1 aromatic rings. The van der Waals surface area contributed by atoms with Crippen LogP contribution in [-0.2, 0) is 4.74 Å². The van der Waals surface area contributed by atoms with E-state index >= 15 is 0 Å². The number of likely N-dealkylation sites (tertiary alicyclic amines) is 1. The molecule has 5 heteroatoms. The summed E-state index contributed by atoms with van der Waals surface area (Å²) in [5.41, 5.74) is 8.02.